The van der Waals surface area contributed by atoms with E-state index in [1.165, 1.54) is 12.0 Å². The zero-order valence-corrected chi connectivity index (χ0v) is 7.19. The molecular weight excluding hydrogens is 122 g/mol. The Kier molecular flexibility index (Phi) is 5.32. The molecular formula is C9H21N. The molecule has 0 spiro atoms. The second-order valence-electron chi connectivity index (χ2n) is 3.06. The van der Waals surface area contributed by atoms with Crippen LogP contribution in [0.3, 0.4) is 0 Å². The van der Waals surface area contributed by atoms with Gasteiger partial charge in [-0.1, -0.05) is 26.0 Å². The van der Waals surface area contributed by atoms with Crippen molar-refractivity contribution in [2.24, 2.45) is 11.7 Å². The number of unbranched alkanes of at least 4 members (excludes halogenated alkanes) is 1. The Morgan fingerprint density at radius 3 is 2.50 bits per heavy atom. The molecule has 0 atom stereocenters. The molecule has 0 aliphatic rings. The van der Waals surface area contributed by atoms with Gasteiger partial charge in [0.1, 0.15) is 0 Å². The minimum Gasteiger partial charge on any atom is -0.330 e. The van der Waals surface area contributed by atoms with Crippen molar-refractivity contribution in [2.75, 3.05) is 6.54 Å². The maximum atomic E-state index is 5.36. The van der Waals surface area contributed by atoms with Crippen molar-refractivity contribution in [2.45, 2.75) is 33.1 Å². The van der Waals surface area contributed by atoms with Gasteiger partial charge in [0.15, 0.2) is 0 Å². The summed E-state index contributed by atoms with van der Waals surface area (Å²) in [6.07, 6.45) is 3.48. The Hall–Kier alpha value is -0.300. The lowest BCUT2D eigenvalue weighted by Crippen LogP contribution is -1.99. The summed E-state index contributed by atoms with van der Waals surface area (Å²) in [6, 6.07) is 0. The van der Waals surface area contributed by atoms with Crippen molar-refractivity contribution >= 4 is 0 Å². The van der Waals surface area contributed by atoms with Crippen LogP contribution in [-0.4, -0.2) is 6.54 Å². The van der Waals surface area contributed by atoms with Crippen LogP contribution in [0.15, 0.2) is 12.2 Å². The van der Waals surface area contributed by atoms with Gasteiger partial charge >= 0.3 is 0 Å². The van der Waals surface area contributed by atoms with Crippen molar-refractivity contribution < 1.29 is 1.43 Å². The highest BCUT2D eigenvalue weighted by atomic mass is 14.5. The molecule has 0 radical (unpaired) electrons. The third-order valence-electron chi connectivity index (χ3n) is 1.77. The maximum absolute atomic E-state index is 5.36. The molecule has 0 saturated heterocycles. The summed E-state index contributed by atoms with van der Waals surface area (Å²) in [6.45, 7) is 9.17. The van der Waals surface area contributed by atoms with Crippen LogP contribution in [0.4, 0.5) is 0 Å². The first kappa shape index (κ1) is 9.70. The molecule has 1 nitrogen and oxygen atoms in total. The van der Waals surface area contributed by atoms with Crippen molar-refractivity contribution in [1.82, 2.24) is 0 Å². The largest absolute Gasteiger partial charge is 0.330 e. The van der Waals surface area contributed by atoms with E-state index in [0.717, 1.165) is 19.4 Å². The predicted octanol–water partition coefficient (Wildman–Crippen LogP) is 2.57. The Balaban J connectivity index is 0. The molecule has 0 aromatic heterocycles. The van der Waals surface area contributed by atoms with Gasteiger partial charge in [0.05, 0.1) is 0 Å². The van der Waals surface area contributed by atoms with E-state index < -0.39 is 0 Å². The highest BCUT2D eigenvalue weighted by Gasteiger charge is 1.98. The Morgan fingerprint density at radius 1 is 1.50 bits per heavy atom. The maximum Gasteiger partial charge on any atom is 0 e. The van der Waals surface area contributed by atoms with Gasteiger partial charge in [-0.3, -0.25) is 0 Å². The van der Waals surface area contributed by atoms with E-state index in [0.29, 0.717) is 5.92 Å². The van der Waals surface area contributed by atoms with E-state index in [1.54, 1.807) is 0 Å². The van der Waals surface area contributed by atoms with E-state index in [2.05, 4.69) is 20.4 Å². The van der Waals surface area contributed by atoms with Crippen molar-refractivity contribution in [3.05, 3.63) is 12.2 Å². The summed E-state index contributed by atoms with van der Waals surface area (Å²) in [5.41, 5.74) is 6.72. The first-order valence-corrected chi connectivity index (χ1v) is 4.06. The number of allylic oxidation sites excluding steroid dienone is 1. The second-order valence-corrected chi connectivity index (χ2v) is 3.06. The van der Waals surface area contributed by atoms with E-state index in [9.17, 15) is 0 Å². The van der Waals surface area contributed by atoms with Gasteiger partial charge in [0.25, 0.3) is 0 Å². The van der Waals surface area contributed by atoms with Crippen LogP contribution in [0.1, 0.15) is 34.5 Å². The minimum atomic E-state index is 0. The van der Waals surface area contributed by atoms with Gasteiger partial charge in [0, 0.05) is 1.43 Å². The molecule has 62 valence electrons. The van der Waals surface area contributed by atoms with E-state index in [1.807, 2.05) is 0 Å². The van der Waals surface area contributed by atoms with Crippen LogP contribution in [0.5, 0.6) is 0 Å². The summed E-state index contributed by atoms with van der Waals surface area (Å²) >= 11 is 0. The normalized spacial score (nSPS) is 10.4. The van der Waals surface area contributed by atoms with Crippen LogP contribution in [0, 0.1) is 5.92 Å². The van der Waals surface area contributed by atoms with Gasteiger partial charge in [-0.15, -0.1) is 0 Å². The molecule has 2 N–H and O–H groups in total. The Bertz CT molecular complexity index is 99.7. The number of rotatable bonds is 5. The fraction of sp³-hybridized carbons (Fsp3) is 0.778. The van der Waals surface area contributed by atoms with Crippen LogP contribution in [0.25, 0.3) is 0 Å². The molecule has 0 heterocycles. The number of nitrogens with two attached hydrogens (primary N) is 1. The molecule has 0 aliphatic heterocycles. The highest BCUT2D eigenvalue weighted by molar-refractivity contribution is 4.96. The van der Waals surface area contributed by atoms with Gasteiger partial charge in [-0.05, 0) is 31.7 Å². The zero-order valence-electron chi connectivity index (χ0n) is 7.19. The Labute approximate surface area is 65.8 Å². The van der Waals surface area contributed by atoms with Crippen LogP contribution < -0.4 is 5.73 Å². The molecule has 0 amide bonds. The zero-order chi connectivity index (χ0) is 7.98. The molecule has 10 heavy (non-hydrogen) atoms. The quantitative estimate of drug-likeness (QED) is 0.464. The molecule has 1 heteroatoms. The van der Waals surface area contributed by atoms with E-state index >= 15 is 0 Å². The average molecular weight is 143 g/mol. The molecule has 0 aromatic rings. The minimum absolute atomic E-state index is 0. The topological polar surface area (TPSA) is 26.0 Å². The molecule has 0 bridgehead atoms. The van der Waals surface area contributed by atoms with Gasteiger partial charge < -0.3 is 5.73 Å². The summed E-state index contributed by atoms with van der Waals surface area (Å²) in [5, 5.41) is 0. The van der Waals surface area contributed by atoms with E-state index in [-0.39, 0.29) is 1.43 Å². The number of hydrogen-bond acceptors (Lipinski definition) is 1. The van der Waals surface area contributed by atoms with Crippen LogP contribution in [-0.2, 0) is 0 Å². The summed E-state index contributed by atoms with van der Waals surface area (Å²) in [4.78, 5) is 0. The molecule has 0 rings (SSSR count). The van der Waals surface area contributed by atoms with Gasteiger partial charge in [0.2, 0.25) is 0 Å². The summed E-state index contributed by atoms with van der Waals surface area (Å²) < 4.78 is 0. The first-order valence-electron chi connectivity index (χ1n) is 4.06. The second kappa shape index (κ2) is 5.48. The summed E-state index contributed by atoms with van der Waals surface area (Å²) in [7, 11) is 0. The first-order chi connectivity index (χ1) is 4.68. The Morgan fingerprint density at radius 2 is 2.10 bits per heavy atom. The summed E-state index contributed by atoms with van der Waals surface area (Å²) in [5.74, 6) is 0.637. The SMILES string of the molecule is C=C(CCCCN)C(C)C.[HH]. The van der Waals surface area contributed by atoms with Crippen LogP contribution in [0.2, 0.25) is 0 Å². The fourth-order valence-electron chi connectivity index (χ4n) is 0.785. The lowest BCUT2D eigenvalue weighted by atomic mass is 10.00. The lowest BCUT2D eigenvalue weighted by Gasteiger charge is -2.07. The van der Waals surface area contributed by atoms with Crippen molar-refractivity contribution in [1.29, 1.82) is 0 Å². The lowest BCUT2D eigenvalue weighted by molar-refractivity contribution is 0.662. The molecule has 0 aliphatic carbocycles. The average Bonchev–Trinajstić information content (AvgIpc) is 1.88. The molecule has 0 fully saturated rings. The van der Waals surface area contributed by atoms with Gasteiger partial charge in [-0.2, -0.15) is 0 Å². The highest BCUT2D eigenvalue weighted by Crippen LogP contribution is 2.13. The third-order valence-corrected chi connectivity index (χ3v) is 1.77. The van der Waals surface area contributed by atoms with Crippen molar-refractivity contribution in [3.63, 3.8) is 0 Å². The predicted molar refractivity (Wildman–Crippen MR) is 49.0 cm³/mol. The number of hydrogen-bond donors (Lipinski definition) is 1. The molecule has 0 aromatic carbocycles. The van der Waals surface area contributed by atoms with Gasteiger partial charge in [-0.25, -0.2) is 0 Å². The fourth-order valence-corrected chi connectivity index (χ4v) is 0.785. The molecule has 0 unspecified atom stereocenters. The van der Waals surface area contributed by atoms with E-state index in [4.69, 9.17) is 5.73 Å². The molecule has 0 saturated carbocycles. The van der Waals surface area contributed by atoms with Crippen molar-refractivity contribution in [3.8, 4) is 0 Å². The monoisotopic (exact) mass is 143 g/mol. The third kappa shape index (κ3) is 4.57. The smallest absolute Gasteiger partial charge is 0 e. The van der Waals surface area contributed by atoms with Crippen LogP contribution >= 0.6 is 0 Å². The standard InChI is InChI=1S/C9H19N.H2/c1-8(2)9(3)6-4-5-7-10;/h8H,3-7,10H2,1-2H3;1H.